The van der Waals surface area contributed by atoms with Crippen molar-refractivity contribution < 1.29 is 72.5 Å². The fourth-order valence-corrected chi connectivity index (χ4v) is 9.77. The van der Waals surface area contributed by atoms with Crippen molar-refractivity contribution in [2.75, 3.05) is 13.2 Å². The molecule has 2 rings (SSSR count). The maximum atomic E-state index is 14.5. The monoisotopic (exact) mass is 1170 g/mol. The third-order valence-corrected chi connectivity index (χ3v) is 16.6. The molecule has 7 amide bonds. The second kappa shape index (κ2) is 35.0. The predicted octanol–water partition coefficient (Wildman–Crippen LogP) is 3.28. The van der Waals surface area contributed by atoms with Crippen LogP contribution in [-0.4, -0.2) is 136 Å². The fraction of sp³-hybridized carbons (Fsp3) is 0.705. The summed E-state index contributed by atoms with van der Waals surface area (Å²) >= 11 is 0. The molecule has 83 heavy (non-hydrogen) atoms. The van der Waals surface area contributed by atoms with Crippen LogP contribution in [0.5, 0.6) is 0 Å². The SMILES string of the molecule is CC[C@H](Cc1ccccc1)C(=O)N[C@H](C(=O)C[C@@H](CO)C(=O)N[C@H](CCC(N)=O)C(=O)C[C@@H](C(=O)N[C@H](C(=O)C[C@@H](CO)C(=O)N[C@H]1C(=O)C[C@@H](C)C(=O)NC(C)(C)C(=O)N[C@@H]([C@@H](C)CC)C(=O)O[C@H]1C)[C@@H](C)CC)[C@@H](C)CC)[C@@H](C)CC. The Morgan fingerprint density at radius 1 is 0.675 bits per heavy atom. The van der Waals surface area contributed by atoms with E-state index in [0.717, 1.165) is 5.56 Å². The molecule has 15 atom stereocenters. The van der Waals surface area contributed by atoms with Crippen molar-refractivity contribution in [3.63, 3.8) is 0 Å². The molecular weight excluding hydrogens is 1070 g/mol. The number of benzene rings is 1. The van der Waals surface area contributed by atoms with Gasteiger partial charge in [-0.25, -0.2) is 4.79 Å². The summed E-state index contributed by atoms with van der Waals surface area (Å²) in [6.07, 6.45) is -1.56. The van der Waals surface area contributed by atoms with E-state index in [2.05, 4.69) is 31.9 Å². The van der Waals surface area contributed by atoms with Gasteiger partial charge in [0, 0.05) is 49.9 Å². The number of hydrogen-bond donors (Lipinski definition) is 9. The third kappa shape index (κ3) is 22.3. The van der Waals surface area contributed by atoms with Crippen LogP contribution in [0.25, 0.3) is 0 Å². The zero-order valence-corrected chi connectivity index (χ0v) is 51.2. The third-order valence-electron chi connectivity index (χ3n) is 16.6. The highest BCUT2D eigenvalue weighted by atomic mass is 16.5. The topological polar surface area (TPSA) is 353 Å². The summed E-state index contributed by atoms with van der Waals surface area (Å²) in [4.78, 5) is 165. The van der Waals surface area contributed by atoms with Gasteiger partial charge >= 0.3 is 5.97 Å². The molecular formula is C61H97N7O15. The van der Waals surface area contributed by atoms with E-state index in [0.29, 0.717) is 38.5 Å². The lowest BCUT2D eigenvalue weighted by Gasteiger charge is -2.31. The number of aliphatic hydroxyl groups excluding tert-OH is 2. The predicted molar refractivity (Wildman–Crippen MR) is 310 cm³/mol. The lowest BCUT2D eigenvalue weighted by Crippen LogP contribution is -2.59. The summed E-state index contributed by atoms with van der Waals surface area (Å²) in [5.74, 6) is -15.9. The zero-order chi connectivity index (χ0) is 63.1. The van der Waals surface area contributed by atoms with Crippen molar-refractivity contribution in [3.05, 3.63) is 35.9 Å². The van der Waals surface area contributed by atoms with Gasteiger partial charge in [-0.2, -0.15) is 0 Å². The van der Waals surface area contributed by atoms with Crippen LogP contribution < -0.4 is 37.6 Å². The standard InChI is InChI=1S/C61H97N7O15/c1-14-33(6)43(30-45(71)44(24-25-49(62)75)63-56(78)41(31-69)28-47(73)50(34(7)15-2)64-55(77)40(18-5)27-39-22-20-19-21-23-39)58(80)65-51(35(8)16-3)48(74)29-42(32-70)57(79)66-53-38(11)83-59(81)52(36(9)17-4)67-60(82)61(12,13)68-54(76)37(10)26-46(53)72/h19-23,33-38,40-44,50-53,69-70H,14-18,24-32H2,1-13H3,(H2,62,75)(H,63,78)(H,64,77)(H,65,80)(H,66,79)(H,67,82)(H,68,76)/t33-,34-,35-,36-,37+,38-,40+,41-,42-,43+,44+,50-,51-,52-,53+/m0/s1. The van der Waals surface area contributed by atoms with Crippen molar-refractivity contribution in [2.24, 2.45) is 59.0 Å². The first-order chi connectivity index (χ1) is 38.9. The molecule has 0 radical (unpaired) electrons. The van der Waals surface area contributed by atoms with E-state index >= 15 is 0 Å². The Labute approximate surface area is 490 Å². The largest absolute Gasteiger partial charge is 0.458 e. The first-order valence-corrected chi connectivity index (χ1v) is 29.6. The number of nitrogens with two attached hydrogens (primary N) is 1. The minimum atomic E-state index is -1.58. The van der Waals surface area contributed by atoms with Gasteiger partial charge in [-0.1, -0.05) is 125 Å². The first-order valence-electron chi connectivity index (χ1n) is 29.6. The zero-order valence-electron chi connectivity index (χ0n) is 51.2. The molecule has 10 N–H and O–H groups in total. The number of carbonyl (C=O) groups is 12. The molecule has 1 aliphatic rings. The number of ketones is 4. The Morgan fingerprint density at radius 2 is 1.19 bits per heavy atom. The molecule has 22 nitrogen and oxygen atoms in total. The Hall–Kier alpha value is -6.42. The number of primary amides is 1. The summed E-state index contributed by atoms with van der Waals surface area (Å²) < 4.78 is 5.73. The molecule has 0 unspecified atom stereocenters. The minimum Gasteiger partial charge on any atom is -0.458 e. The summed E-state index contributed by atoms with van der Waals surface area (Å²) in [5, 5.41) is 37.1. The molecule has 1 aliphatic heterocycles. The van der Waals surface area contributed by atoms with E-state index in [4.69, 9.17) is 10.5 Å². The molecule has 466 valence electrons. The maximum absolute atomic E-state index is 14.5. The van der Waals surface area contributed by atoms with Crippen molar-refractivity contribution >= 4 is 70.5 Å². The van der Waals surface area contributed by atoms with E-state index in [1.807, 2.05) is 44.2 Å². The minimum absolute atomic E-state index is 0.290. The summed E-state index contributed by atoms with van der Waals surface area (Å²) in [6.45, 7) is 19.9. The molecule has 0 saturated carbocycles. The van der Waals surface area contributed by atoms with Gasteiger partial charge in [0.2, 0.25) is 41.4 Å². The second-order valence-electron chi connectivity index (χ2n) is 23.5. The van der Waals surface area contributed by atoms with Gasteiger partial charge in [-0.05, 0) is 69.3 Å². The molecule has 0 bridgehead atoms. The van der Waals surface area contributed by atoms with E-state index in [-0.39, 0.29) is 24.7 Å². The van der Waals surface area contributed by atoms with Gasteiger partial charge in [-0.3, -0.25) is 52.7 Å². The van der Waals surface area contributed by atoms with E-state index < -0.39 is 193 Å². The van der Waals surface area contributed by atoms with Crippen molar-refractivity contribution in [1.82, 2.24) is 31.9 Å². The molecule has 1 fully saturated rings. The lowest BCUT2D eigenvalue weighted by atomic mass is 9.83. The van der Waals surface area contributed by atoms with Gasteiger partial charge in [0.05, 0.1) is 43.2 Å². The first kappa shape index (κ1) is 72.7. The number of esters is 1. The average Bonchev–Trinajstić information content (AvgIpc) is 3.57. The summed E-state index contributed by atoms with van der Waals surface area (Å²) in [5.41, 5.74) is 4.93. The highest BCUT2D eigenvalue weighted by molar-refractivity contribution is 6.00. The van der Waals surface area contributed by atoms with Crippen LogP contribution in [-0.2, 0) is 68.7 Å². The van der Waals surface area contributed by atoms with Crippen LogP contribution in [0.2, 0.25) is 0 Å². The number of hydrogen-bond acceptors (Lipinski definition) is 15. The molecule has 0 aromatic heterocycles. The van der Waals surface area contributed by atoms with Gasteiger partial charge in [0.1, 0.15) is 23.7 Å². The smallest absolute Gasteiger partial charge is 0.329 e. The highest BCUT2D eigenvalue weighted by Gasteiger charge is 2.42. The van der Waals surface area contributed by atoms with E-state index in [9.17, 15) is 67.7 Å². The van der Waals surface area contributed by atoms with Gasteiger partial charge in [0.15, 0.2) is 23.1 Å². The van der Waals surface area contributed by atoms with E-state index in [1.165, 1.54) is 27.7 Å². The van der Waals surface area contributed by atoms with E-state index in [1.54, 1.807) is 48.5 Å². The average molecular weight is 1170 g/mol. The van der Waals surface area contributed by atoms with Gasteiger partial charge in [0.25, 0.3) is 0 Å². The maximum Gasteiger partial charge on any atom is 0.329 e. The fourth-order valence-electron chi connectivity index (χ4n) is 9.77. The number of nitrogens with one attached hydrogen (secondary N) is 6. The van der Waals surface area contributed by atoms with Crippen molar-refractivity contribution in [3.8, 4) is 0 Å². The molecule has 0 spiro atoms. The molecule has 1 aromatic rings. The normalized spacial score (nSPS) is 21.7. The van der Waals surface area contributed by atoms with Gasteiger partial charge in [-0.15, -0.1) is 0 Å². The molecule has 22 heteroatoms. The second-order valence-corrected chi connectivity index (χ2v) is 23.5. The van der Waals surface area contributed by atoms with Crippen LogP contribution in [0.4, 0.5) is 0 Å². The number of cyclic esters (lactones) is 1. The number of aliphatic hydroxyl groups is 2. The number of carbonyl (C=O) groups excluding carboxylic acids is 12. The van der Waals surface area contributed by atoms with Gasteiger partial charge < -0.3 is 52.6 Å². The van der Waals surface area contributed by atoms with Crippen LogP contribution in [0.1, 0.15) is 166 Å². The number of ether oxygens (including phenoxy) is 1. The molecule has 1 aromatic carbocycles. The number of rotatable bonds is 33. The Kier molecular flexibility index (Phi) is 30.7. The van der Waals surface area contributed by atoms with Crippen LogP contribution in [0.15, 0.2) is 30.3 Å². The highest BCUT2D eigenvalue weighted by Crippen LogP contribution is 2.25. The van der Waals surface area contributed by atoms with Crippen molar-refractivity contribution in [1.29, 1.82) is 0 Å². The van der Waals surface area contributed by atoms with Crippen LogP contribution >= 0.6 is 0 Å². The van der Waals surface area contributed by atoms with Crippen molar-refractivity contribution in [2.45, 2.75) is 209 Å². The number of Topliss-reactive ketones (excluding diaryl/α,β-unsaturated/α-hetero) is 4. The Bertz CT molecular complexity index is 2400. The Balaban J connectivity index is 2.40. The molecule has 0 aliphatic carbocycles. The number of amides is 7. The summed E-state index contributed by atoms with van der Waals surface area (Å²) in [6, 6.07) is 2.97. The van der Waals surface area contributed by atoms with Crippen LogP contribution in [0.3, 0.4) is 0 Å². The quantitative estimate of drug-likeness (QED) is 0.0456. The summed E-state index contributed by atoms with van der Waals surface area (Å²) in [7, 11) is 0. The lowest BCUT2D eigenvalue weighted by molar-refractivity contribution is -0.157. The van der Waals surface area contributed by atoms with Crippen LogP contribution in [0, 0.1) is 53.3 Å². The molecule has 1 heterocycles. The Morgan fingerprint density at radius 3 is 1.69 bits per heavy atom. The molecule has 1 saturated heterocycles.